The van der Waals surface area contributed by atoms with Crippen LogP contribution < -0.4 is 0 Å². The first kappa shape index (κ1) is 17.7. The van der Waals surface area contributed by atoms with Gasteiger partial charge in [0.05, 0.1) is 17.0 Å². The van der Waals surface area contributed by atoms with E-state index in [1.165, 1.54) is 6.07 Å². The Labute approximate surface area is 133 Å². The van der Waals surface area contributed by atoms with Crippen molar-refractivity contribution in [2.24, 2.45) is 0 Å². The molecule has 1 aromatic carbocycles. The maximum absolute atomic E-state index is 12.7. The Bertz CT molecular complexity index is 692. The Morgan fingerprint density at radius 1 is 1.48 bits per heavy atom. The number of rotatable bonds is 6. The first-order valence-corrected chi connectivity index (χ1v) is 8.46. The molecule has 7 heteroatoms. The molecule has 0 aromatic heterocycles. The number of hydrogen-bond acceptors (Lipinski definition) is 3. The van der Waals surface area contributed by atoms with Crippen molar-refractivity contribution in [1.29, 1.82) is 0 Å². The molecule has 0 atom stereocenters. The summed E-state index contributed by atoms with van der Waals surface area (Å²) in [5.74, 6) is 1.14. The number of carboxylic acid groups (broad SMARTS) is 1. The van der Waals surface area contributed by atoms with Gasteiger partial charge in [-0.1, -0.05) is 12.8 Å². The van der Waals surface area contributed by atoms with Crippen molar-refractivity contribution in [2.45, 2.75) is 25.2 Å². The molecule has 0 bridgehead atoms. The summed E-state index contributed by atoms with van der Waals surface area (Å²) in [6.07, 6.45) is 5.83. The third kappa shape index (κ3) is 3.84. The van der Waals surface area contributed by atoms with Crippen molar-refractivity contribution in [1.82, 2.24) is 4.31 Å². The quantitative estimate of drug-likeness (QED) is 0.777. The zero-order chi connectivity index (χ0) is 16.2. The van der Waals surface area contributed by atoms with E-state index in [9.17, 15) is 13.2 Å². The van der Waals surface area contributed by atoms with Gasteiger partial charge in [-0.05, 0) is 47.0 Å². The predicted molar refractivity (Wildman–Crippen MR) is 83.7 cm³/mol. The molecule has 114 valence electrons. The highest BCUT2D eigenvalue weighted by molar-refractivity contribution is 9.10. The number of aromatic carboxylic acids is 1. The molecular formula is C14H16BrNO4S. The number of halogens is 1. The molecule has 0 amide bonds. The Hall–Kier alpha value is -1.36. The normalized spacial score (nSPS) is 11.4. The molecule has 21 heavy (non-hydrogen) atoms. The van der Waals surface area contributed by atoms with E-state index >= 15 is 0 Å². The lowest BCUT2D eigenvalue weighted by molar-refractivity contribution is 0.0696. The highest BCUT2D eigenvalue weighted by Crippen LogP contribution is 2.29. The summed E-state index contributed by atoms with van der Waals surface area (Å²) in [5, 5.41) is 9.08. The predicted octanol–water partition coefficient (Wildman–Crippen LogP) is 2.49. The molecule has 0 aliphatic rings. The van der Waals surface area contributed by atoms with Crippen LogP contribution in [-0.4, -0.2) is 36.9 Å². The third-order valence-corrected chi connectivity index (χ3v) is 6.01. The monoisotopic (exact) mass is 373 g/mol. The minimum absolute atomic E-state index is 0.0566. The lowest BCUT2D eigenvalue weighted by Gasteiger charge is -2.20. The van der Waals surface area contributed by atoms with Crippen LogP contribution in [0.15, 0.2) is 21.5 Å². The van der Waals surface area contributed by atoms with Gasteiger partial charge in [-0.3, -0.25) is 0 Å². The first-order chi connectivity index (χ1) is 9.75. The number of carbonyl (C=O) groups is 1. The zero-order valence-corrected chi connectivity index (χ0v) is 14.2. The minimum atomic E-state index is -3.85. The molecule has 0 spiro atoms. The van der Waals surface area contributed by atoms with Crippen LogP contribution in [0.2, 0.25) is 0 Å². The number of nitrogens with zero attached hydrogens (tertiary/aromatic N) is 1. The van der Waals surface area contributed by atoms with Gasteiger partial charge in [0.2, 0.25) is 10.0 Å². The van der Waals surface area contributed by atoms with Crippen molar-refractivity contribution in [3.8, 4) is 12.3 Å². The lowest BCUT2D eigenvalue weighted by Crippen LogP contribution is -2.32. The molecule has 0 fully saturated rings. The van der Waals surface area contributed by atoms with E-state index in [0.29, 0.717) is 16.5 Å². The maximum Gasteiger partial charge on any atom is 0.335 e. The van der Waals surface area contributed by atoms with E-state index in [4.69, 9.17) is 11.5 Å². The SMILES string of the molecule is C#CCN(CCC)S(=O)(=O)c1cc(C(=O)O)cc(C)c1Br. The van der Waals surface area contributed by atoms with Crippen molar-refractivity contribution in [3.05, 3.63) is 27.7 Å². The molecule has 5 nitrogen and oxygen atoms in total. The molecule has 0 aliphatic carbocycles. The highest BCUT2D eigenvalue weighted by Gasteiger charge is 2.27. The molecular weight excluding hydrogens is 358 g/mol. The van der Waals surface area contributed by atoms with Crippen LogP contribution in [0.4, 0.5) is 0 Å². The van der Waals surface area contributed by atoms with Gasteiger partial charge < -0.3 is 5.11 Å². The van der Waals surface area contributed by atoms with Crippen LogP contribution in [0, 0.1) is 19.3 Å². The molecule has 0 aliphatic heterocycles. The van der Waals surface area contributed by atoms with Crippen LogP contribution in [-0.2, 0) is 10.0 Å². The molecule has 0 heterocycles. The second-order valence-corrected chi connectivity index (χ2v) is 7.15. The van der Waals surface area contributed by atoms with Crippen LogP contribution in [0.3, 0.4) is 0 Å². The summed E-state index contributed by atoms with van der Waals surface area (Å²) < 4.78 is 26.9. The second-order valence-electron chi connectivity index (χ2n) is 4.45. The van der Waals surface area contributed by atoms with E-state index in [1.807, 2.05) is 6.92 Å². The molecule has 1 N–H and O–H groups in total. The van der Waals surface area contributed by atoms with Crippen LogP contribution in [0.1, 0.15) is 29.3 Å². The number of benzene rings is 1. The maximum atomic E-state index is 12.7. The average Bonchev–Trinajstić information content (AvgIpc) is 2.40. The zero-order valence-electron chi connectivity index (χ0n) is 11.8. The van der Waals surface area contributed by atoms with E-state index in [1.54, 1.807) is 6.92 Å². The average molecular weight is 374 g/mol. The van der Waals surface area contributed by atoms with Crippen LogP contribution in [0.25, 0.3) is 0 Å². The van der Waals surface area contributed by atoms with Crippen molar-refractivity contribution in [2.75, 3.05) is 13.1 Å². The summed E-state index contributed by atoms with van der Waals surface area (Å²) >= 11 is 3.22. The number of aryl methyl sites for hydroxylation is 1. The minimum Gasteiger partial charge on any atom is -0.478 e. The number of sulfonamides is 1. The Morgan fingerprint density at radius 2 is 2.10 bits per heavy atom. The molecule has 0 radical (unpaired) electrons. The van der Waals surface area contributed by atoms with Crippen LogP contribution in [0.5, 0.6) is 0 Å². The van der Waals surface area contributed by atoms with Gasteiger partial charge in [0.1, 0.15) is 0 Å². The molecule has 1 aromatic rings. The van der Waals surface area contributed by atoms with Gasteiger partial charge in [0.25, 0.3) is 0 Å². The fourth-order valence-corrected chi connectivity index (χ4v) is 4.27. The van der Waals surface area contributed by atoms with Gasteiger partial charge in [-0.2, -0.15) is 4.31 Å². The highest BCUT2D eigenvalue weighted by atomic mass is 79.9. The Balaban J connectivity index is 3.49. The van der Waals surface area contributed by atoms with Gasteiger partial charge >= 0.3 is 5.97 Å². The number of carboxylic acids is 1. The number of terminal acetylenes is 1. The van der Waals surface area contributed by atoms with Crippen molar-refractivity contribution in [3.63, 3.8) is 0 Å². The summed E-state index contributed by atoms with van der Waals surface area (Å²) in [5.41, 5.74) is 0.456. The lowest BCUT2D eigenvalue weighted by atomic mass is 10.1. The summed E-state index contributed by atoms with van der Waals surface area (Å²) in [6.45, 7) is 3.70. The summed E-state index contributed by atoms with van der Waals surface area (Å²) in [7, 11) is -3.85. The number of hydrogen-bond donors (Lipinski definition) is 1. The smallest absolute Gasteiger partial charge is 0.335 e. The van der Waals surface area contributed by atoms with Gasteiger partial charge in [0, 0.05) is 11.0 Å². The van der Waals surface area contributed by atoms with E-state index < -0.39 is 16.0 Å². The molecule has 0 unspecified atom stereocenters. The van der Waals surface area contributed by atoms with E-state index in [-0.39, 0.29) is 23.5 Å². The molecule has 1 rings (SSSR count). The van der Waals surface area contributed by atoms with Crippen molar-refractivity contribution >= 4 is 31.9 Å². The largest absolute Gasteiger partial charge is 0.478 e. The second kappa shape index (κ2) is 7.07. The Morgan fingerprint density at radius 3 is 2.57 bits per heavy atom. The van der Waals surface area contributed by atoms with Gasteiger partial charge in [-0.25, -0.2) is 13.2 Å². The van der Waals surface area contributed by atoms with E-state index in [0.717, 1.165) is 10.4 Å². The molecule has 0 saturated heterocycles. The molecule has 0 saturated carbocycles. The van der Waals surface area contributed by atoms with Gasteiger partial charge in [-0.15, -0.1) is 6.42 Å². The summed E-state index contributed by atoms with van der Waals surface area (Å²) in [4.78, 5) is 11.0. The summed E-state index contributed by atoms with van der Waals surface area (Å²) in [6, 6.07) is 2.56. The van der Waals surface area contributed by atoms with Crippen molar-refractivity contribution < 1.29 is 18.3 Å². The Kier molecular flexibility index (Phi) is 5.96. The fraction of sp³-hybridized carbons (Fsp3) is 0.357. The topological polar surface area (TPSA) is 74.7 Å². The standard InChI is InChI=1S/C14H16BrNO4S/c1-4-6-16(7-5-2)21(19,20)12-9-11(14(17)18)8-10(3)13(12)15/h1,8-9H,5-7H2,2-3H3,(H,17,18). The van der Waals surface area contributed by atoms with Crippen LogP contribution >= 0.6 is 15.9 Å². The first-order valence-electron chi connectivity index (χ1n) is 6.22. The third-order valence-electron chi connectivity index (χ3n) is 2.83. The van der Waals surface area contributed by atoms with E-state index in [2.05, 4.69) is 21.9 Å². The van der Waals surface area contributed by atoms with Gasteiger partial charge in [0.15, 0.2) is 0 Å². The fourth-order valence-electron chi connectivity index (χ4n) is 1.82.